The first-order valence-corrected chi connectivity index (χ1v) is 9.48. The number of hydrogen-bond acceptors (Lipinski definition) is 4. The van der Waals surface area contributed by atoms with Gasteiger partial charge in [0.2, 0.25) is 11.8 Å². The zero-order valence-corrected chi connectivity index (χ0v) is 14.2. The Morgan fingerprint density at radius 1 is 1.30 bits per heavy atom. The summed E-state index contributed by atoms with van der Waals surface area (Å²) < 4.78 is 23.0. The molecule has 2 rings (SSSR count). The van der Waals surface area contributed by atoms with Gasteiger partial charge in [0.1, 0.15) is 6.42 Å². The molecule has 1 atom stereocenters. The van der Waals surface area contributed by atoms with Crippen molar-refractivity contribution >= 4 is 27.3 Å². The first kappa shape index (κ1) is 17.5. The van der Waals surface area contributed by atoms with Crippen LogP contribution in [0.1, 0.15) is 25.3 Å². The van der Waals surface area contributed by atoms with Crippen molar-refractivity contribution in [3.05, 3.63) is 29.8 Å². The summed E-state index contributed by atoms with van der Waals surface area (Å²) in [7, 11) is -1.50. The number of nitrogens with zero attached hydrogens (tertiary/aromatic N) is 1. The van der Waals surface area contributed by atoms with E-state index in [0.29, 0.717) is 12.1 Å². The van der Waals surface area contributed by atoms with E-state index >= 15 is 0 Å². The zero-order valence-electron chi connectivity index (χ0n) is 13.4. The molecule has 0 radical (unpaired) electrons. The monoisotopic (exact) mass is 338 g/mol. The Morgan fingerprint density at radius 3 is 2.61 bits per heavy atom. The number of carbonyl (C=O) groups excluding carboxylic acids is 2. The fourth-order valence-corrected chi connectivity index (χ4v) is 4.47. The van der Waals surface area contributed by atoms with Gasteiger partial charge in [0, 0.05) is 18.8 Å². The summed E-state index contributed by atoms with van der Waals surface area (Å²) in [5, 5.41) is 2.75. The zero-order chi connectivity index (χ0) is 17.0. The summed E-state index contributed by atoms with van der Waals surface area (Å²) in [6.07, 6.45) is 0.931. The molecule has 0 bridgehead atoms. The quantitative estimate of drug-likeness (QED) is 0.818. The summed E-state index contributed by atoms with van der Waals surface area (Å²) >= 11 is 0. The SMILES string of the molecule is CCc1ccccc1NC(=O)CC(=O)N(C)C1CCS(=O)(=O)C1. The molecule has 6 nitrogen and oxygen atoms in total. The van der Waals surface area contributed by atoms with Crippen LogP contribution in [0.2, 0.25) is 0 Å². The molecule has 2 amide bonds. The van der Waals surface area contributed by atoms with Crippen LogP contribution in [0, 0.1) is 0 Å². The molecule has 1 aromatic rings. The highest BCUT2D eigenvalue weighted by Crippen LogP contribution is 2.18. The van der Waals surface area contributed by atoms with Gasteiger partial charge in [-0.25, -0.2) is 8.42 Å². The van der Waals surface area contributed by atoms with Gasteiger partial charge in [-0.1, -0.05) is 25.1 Å². The molecule has 126 valence electrons. The van der Waals surface area contributed by atoms with Gasteiger partial charge in [-0.15, -0.1) is 0 Å². The molecule has 1 saturated heterocycles. The molecule has 7 heteroatoms. The van der Waals surface area contributed by atoms with Crippen molar-refractivity contribution in [1.82, 2.24) is 4.90 Å². The van der Waals surface area contributed by atoms with Gasteiger partial charge in [0.15, 0.2) is 9.84 Å². The van der Waals surface area contributed by atoms with Gasteiger partial charge >= 0.3 is 0 Å². The van der Waals surface area contributed by atoms with Crippen molar-refractivity contribution in [2.24, 2.45) is 0 Å². The van der Waals surface area contributed by atoms with Crippen molar-refractivity contribution in [2.75, 3.05) is 23.9 Å². The number of anilines is 1. The first-order valence-electron chi connectivity index (χ1n) is 7.66. The summed E-state index contributed by atoms with van der Waals surface area (Å²) in [5.41, 5.74) is 1.71. The van der Waals surface area contributed by atoms with Crippen LogP contribution in [0.5, 0.6) is 0 Å². The van der Waals surface area contributed by atoms with E-state index in [1.165, 1.54) is 4.90 Å². The molecule has 1 unspecified atom stereocenters. The van der Waals surface area contributed by atoms with Crippen LogP contribution in [0.15, 0.2) is 24.3 Å². The van der Waals surface area contributed by atoms with E-state index in [-0.39, 0.29) is 35.8 Å². The standard InChI is InChI=1S/C16H22N2O4S/c1-3-12-6-4-5-7-14(12)17-15(19)10-16(20)18(2)13-8-9-23(21,22)11-13/h4-7,13H,3,8-11H2,1-2H3,(H,17,19). The minimum atomic E-state index is -3.05. The lowest BCUT2D eigenvalue weighted by Gasteiger charge is -2.23. The van der Waals surface area contributed by atoms with Crippen molar-refractivity contribution in [1.29, 1.82) is 0 Å². The topological polar surface area (TPSA) is 83.6 Å². The third kappa shape index (κ3) is 4.54. The van der Waals surface area contributed by atoms with Gasteiger partial charge in [0.25, 0.3) is 0 Å². The second-order valence-electron chi connectivity index (χ2n) is 5.80. The molecule has 1 aliphatic rings. The van der Waals surface area contributed by atoms with Crippen molar-refractivity contribution < 1.29 is 18.0 Å². The maximum atomic E-state index is 12.2. The summed E-state index contributed by atoms with van der Waals surface area (Å²) in [6.45, 7) is 1.99. The van der Waals surface area contributed by atoms with Crippen molar-refractivity contribution in [3.8, 4) is 0 Å². The van der Waals surface area contributed by atoms with E-state index in [2.05, 4.69) is 5.32 Å². The van der Waals surface area contributed by atoms with Crippen LogP contribution < -0.4 is 5.32 Å². The third-order valence-corrected chi connectivity index (χ3v) is 5.88. The van der Waals surface area contributed by atoms with Crippen LogP contribution >= 0.6 is 0 Å². The van der Waals surface area contributed by atoms with Crippen LogP contribution in [-0.4, -0.2) is 49.7 Å². The van der Waals surface area contributed by atoms with Crippen LogP contribution in [0.3, 0.4) is 0 Å². The number of rotatable bonds is 5. The maximum absolute atomic E-state index is 12.2. The fourth-order valence-electron chi connectivity index (χ4n) is 2.69. The van der Waals surface area contributed by atoms with E-state index < -0.39 is 9.84 Å². The molecular formula is C16H22N2O4S. The molecule has 1 N–H and O–H groups in total. The van der Waals surface area contributed by atoms with E-state index in [0.717, 1.165) is 12.0 Å². The van der Waals surface area contributed by atoms with Gasteiger partial charge < -0.3 is 10.2 Å². The Labute approximate surface area is 136 Å². The second-order valence-corrected chi connectivity index (χ2v) is 8.03. The molecular weight excluding hydrogens is 316 g/mol. The van der Waals surface area contributed by atoms with E-state index in [1.807, 2.05) is 25.1 Å². The Kier molecular flexibility index (Phi) is 5.41. The normalized spacial score (nSPS) is 19.3. The van der Waals surface area contributed by atoms with Gasteiger partial charge in [0.05, 0.1) is 11.5 Å². The lowest BCUT2D eigenvalue weighted by Crippen LogP contribution is -2.39. The average molecular weight is 338 g/mol. The lowest BCUT2D eigenvalue weighted by molar-refractivity contribution is -0.134. The number of nitrogens with one attached hydrogen (secondary N) is 1. The van der Waals surface area contributed by atoms with Crippen LogP contribution in [0.4, 0.5) is 5.69 Å². The Bertz CT molecular complexity index is 700. The summed E-state index contributed by atoms with van der Waals surface area (Å²) in [6, 6.07) is 7.12. The number of para-hydroxylation sites is 1. The molecule has 1 heterocycles. The van der Waals surface area contributed by atoms with Gasteiger partial charge in [-0.05, 0) is 24.5 Å². The number of benzene rings is 1. The molecule has 23 heavy (non-hydrogen) atoms. The van der Waals surface area contributed by atoms with Crippen LogP contribution in [-0.2, 0) is 25.8 Å². The van der Waals surface area contributed by atoms with Crippen molar-refractivity contribution in [3.63, 3.8) is 0 Å². The first-order chi connectivity index (χ1) is 10.8. The number of sulfone groups is 1. The smallest absolute Gasteiger partial charge is 0.233 e. The molecule has 0 spiro atoms. The molecule has 0 saturated carbocycles. The summed E-state index contributed by atoms with van der Waals surface area (Å²) in [5.74, 6) is -0.664. The van der Waals surface area contributed by atoms with E-state index in [1.54, 1.807) is 13.1 Å². The van der Waals surface area contributed by atoms with Crippen molar-refractivity contribution in [2.45, 2.75) is 32.2 Å². The van der Waals surface area contributed by atoms with Crippen LogP contribution in [0.25, 0.3) is 0 Å². The second kappa shape index (κ2) is 7.12. The number of hydrogen-bond donors (Lipinski definition) is 1. The largest absolute Gasteiger partial charge is 0.341 e. The number of carbonyl (C=O) groups is 2. The number of amides is 2. The Hall–Kier alpha value is -1.89. The minimum absolute atomic E-state index is 0.0183. The molecule has 1 aliphatic heterocycles. The van der Waals surface area contributed by atoms with Gasteiger partial charge in [-0.3, -0.25) is 9.59 Å². The lowest BCUT2D eigenvalue weighted by atomic mass is 10.1. The molecule has 0 aliphatic carbocycles. The highest BCUT2D eigenvalue weighted by atomic mass is 32.2. The molecule has 1 fully saturated rings. The minimum Gasteiger partial charge on any atom is -0.341 e. The maximum Gasteiger partial charge on any atom is 0.233 e. The molecule has 0 aromatic heterocycles. The predicted molar refractivity (Wildman–Crippen MR) is 88.9 cm³/mol. The molecule has 1 aromatic carbocycles. The highest BCUT2D eigenvalue weighted by Gasteiger charge is 2.33. The fraction of sp³-hybridized carbons (Fsp3) is 0.500. The Morgan fingerprint density at radius 2 is 2.00 bits per heavy atom. The predicted octanol–water partition coefficient (Wildman–Crippen LogP) is 1.22. The van der Waals surface area contributed by atoms with E-state index in [9.17, 15) is 18.0 Å². The highest BCUT2D eigenvalue weighted by molar-refractivity contribution is 7.91. The van der Waals surface area contributed by atoms with E-state index in [4.69, 9.17) is 0 Å². The van der Waals surface area contributed by atoms with Gasteiger partial charge in [-0.2, -0.15) is 0 Å². The third-order valence-electron chi connectivity index (χ3n) is 4.13. The Balaban J connectivity index is 1.93. The average Bonchev–Trinajstić information content (AvgIpc) is 2.87. The number of aryl methyl sites for hydroxylation is 1. The summed E-state index contributed by atoms with van der Waals surface area (Å²) in [4.78, 5) is 25.6.